The standard InChI is InChI=1S/C21H13ClFNO2/c22-15-7-10-17(18(23)12-15)21(25)24-16-8-5-13(6-9-16)20-11-14-3-1-2-4-19(14)26-20/h1-12H,(H,24,25). The van der Waals surface area contributed by atoms with Crippen LogP contribution in [-0.2, 0) is 0 Å². The average Bonchev–Trinajstić information content (AvgIpc) is 3.06. The van der Waals surface area contributed by atoms with E-state index in [4.69, 9.17) is 16.0 Å². The zero-order chi connectivity index (χ0) is 18.1. The quantitative estimate of drug-likeness (QED) is 0.473. The number of anilines is 1. The molecule has 0 radical (unpaired) electrons. The van der Waals surface area contributed by atoms with E-state index < -0.39 is 11.7 Å². The molecular weight excluding hydrogens is 353 g/mol. The molecule has 1 amide bonds. The number of halogens is 2. The Bertz CT molecular complexity index is 1070. The van der Waals surface area contributed by atoms with Gasteiger partial charge in [-0.1, -0.05) is 29.8 Å². The van der Waals surface area contributed by atoms with E-state index in [0.717, 1.165) is 28.4 Å². The highest BCUT2D eigenvalue weighted by atomic mass is 35.5. The molecule has 0 aliphatic rings. The summed E-state index contributed by atoms with van der Waals surface area (Å²) < 4.78 is 19.7. The summed E-state index contributed by atoms with van der Waals surface area (Å²) in [6.45, 7) is 0. The van der Waals surface area contributed by atoms with Gasteiger partial charge in [0.15, 0.2) is 0 Å². The van der Waals surface area contributed by atoms with Crippen molar-refractivity contribution in [3.63, 3.8) is 0 Å². The fourth-order valence-electron chi connectivity index (χ4n) is 2.71. The molecule has 0 saturated carbocycles. The van der Waals surface area contributed by atoms with Crippen LogP contribution in [0.2, 0.25) is 5.02 Å². The lowest BCUT2D eigenvalue weighted by Crippen LogP contribution is -2.13. The molecule has 4 rings (SSSR count). The minimum atomic E-state index is -0.658. The van der Waals surface area contributed by atoms with Crippen LogP contribution in [0.3, 0.4) is 0 Å². The van der Waals surface area contributed by atoms with Gasteiger partial charge in [-0.05, 0) is 54.6 Å². The molecule has 1 N–H and O–H groups in total. The highest BCUT2D eigenvalue weighted by molar-refractivity contribution is 6.30. The molecule has 0 spiro atoms. The van der Waals surface area contributed by atoms with Gasteiger partial charge in [0, 0.05) is 21.7 Å². The first-order valence-corrected chi connectivity index (χ1v) is 8.33. The first kappa shape index (κ1) is 16.4. The molecule has 5 heteroatoms. The van der Waals surface area contributed by atoms with Crippen LogP contribution in [0.4, 0.5) is 10.1 Å². The Labute approximate surface area is 154 Å². The Morgan fingerprint density at radius 1 is 0.962 bits per heavy atom. The number of carbonyl (C=O) groups is 1. The van der Waals surface area contributed by atoms with Gasteiger partial charge in [0.1, 0.15) is 17.2 Å². The lowest BCUT2D eigenvalue weighted by atomic mass is 10.1. The third-order valence-corrected chi connectivity index (χ3v) is 4.26. The van der Waals surface area contributed by atoms with Gasteiger partial charge in [-0.15, -0.1) is 0 Å². The van der Waals surface area contributed by atoms with Crippen molar-refractivity contribution < 1.29 is 13.6 Å². The molecule has 3 nitrogen and oxygen atoms in total. The Kier molecular flexibility index (Phi) is 4.19. The third kappa shape index (κ3) is 3.19. The first-order valence-electron chi connectivity index (χ1n) is 7.95. The maximum absolute atomic E-state index is 13.8. The molecule has 26 heavy (non-hydrogen) atoms. The van der Waals surface area contributed by atoms with Gasteiger partial charge in [-0.2, -0.15) is 0 Å². The summed E-state index contributed by atoms with van der Waals surface area (Å²) in [5, 5.41) is 3.94. The highest BCUT2D eigenvalue weighted by Gasteiger charge is 2.12. The Morgan fingerprint density at radius 2 is 1.73 bits per heavy atom. The van der Waals surface area contributed by atoms with E-state index in [-0.39, 0.29) is 10.6 Å². The zero-order valence-electron chi connectivity index (χ0n) is 13.5. The van der Waals surface area contributed by atoms with Crippen molar-refractivity contribution in [3.8, 4) is 11.3 Å². The van der Waals surface area contributed by atoms with Gasteiger partial charge < -0.3 is 9.73 Å². The predicted octanol–water partition coefficient (Wildman–Crippen LogP) is 6.14. The van der Waals surface area contributed by atoms with Crippen molar-refractivity contribution in [2.45, 2.75) is 0 Å². The maximum Gasteiger partial charge on any atom is 0.258 e. The molecule has 3 aromatic carbocycles. The average molecular weight is 366 g/mol. The van der Waals surface area contributed by atoms with Crippen LogP contribution in [0.25, 0.3) is 22.3 Å². The number of nitrogens with one attached hydrogen (secondary N) is 1. The van der Waals surface area contributed by atoms with Crippen molar-refractivity contribution in [1.82, 2.24) is 0 Å². The lowest BCUT2D eigenvalue weighted by molar-refractivity contribution is 0.102. The van der Waals surface area contributed by atoms with Crippen molar-refractivity contribution in [3.05, 3.63) is 89.2 Å². The van der Waals surface area contributed by atoms with Crippen molar-refractivity contribution in [2.24, 2.45) is 0 Å². The topological polar surface area (TPSA) is 42.2 Å². The second-order valence-corrected chi connectivity index (χ2v) is 6.24. The molecular formula is C21H13ClFNO2. The van der Waals surface area contributed by atoms with Gasteiger partial charge in [-0.3, -0.25) is 4.79 Å². The molecule has 128 valence electrons. The predicted molar refractivity (Wildman–Crippen MR) is 101 cm³/mol. The smallest absolute Gasteiger partial charge is 0.258 e. The monoisotopic (exact) mass is 365 g/mol. The summed E-state index contributed by atoms with van der Waals surface area (Å²) >= 11 is 5.71. The molecule has 0 saturated heterocycles. The molecule has 0 aliphatic carbocycles. The van der Waals surface area contributed by atoms with Crippen LogP contribution in [0, 0.1) is 5.82 Å². The van der Waals surface area contributed by atoms with Crippen molar-refractivity contribution >= 4 is 34.2 Å². The van der Waals surface area contributed by atoms with Crippen LogP contribution in [0.1, 0.15) is 10.4 Å². The zero-order valence-corrected chi connectivity index (χ0v) is 14.3. The minimum absolute atomic E-state index is 0.0595. The number of amides is 1. The van der Waals surface area contributed by atoms with Crippen LogP contribution in [0.15, 0.2) is 77.2 Å². The van der Waals surface area contributed by atoms with Gasteiger partial charge in [0.25, 0.3) is 5.91 Å². The van der Waals surface area contributed by atoms with E-state index in [0.29, 0.717) is 5.69 Å². The summed E-state index contributed by atoms with van der Waals surface area (Å²) in [6, 6.07) is 20.8. The van der Waals surface area contributed by atoms with E-state index in [1.165, 1.54) is 12.1 Å². The maximum atomic E-state index is 13.8. The second kappa shape index (κ2) is 6.65. The normalized spacial score (nSPS) is 10.8. The molecule has 0 unspecified atom stereocenters. The van der Waals surface area contributed by atoms with Crippen molar-refractivity contribution in [1.29, 1.82) is 0 Å². The molecule has 1 heterocycles. The molecule has 0 fully saturated rings. The number of carbonyl (C=O) groups excluding carboxylic acids is 1. The number of fused-ring (bicyclic) bond motifs is 1. The number of benzene rings is 3. The first-order chi connectivity index (χ1) is 12.6. The number of hydrogen-bond acceptors (Lipinski definition) is 2. The van der Waals surface area contributed by atoms with Gasteiger partial charge in [0.05, 0.1) is 5.56 Å². The van der Waals surface area contributed by atoms with E-state index in [1.807, 2.05) is 42.5 Å². The van der Waals surface area contributed by atoms with Crippen LogP contribution >= 0.6 is 11.6 Å². The number of hydrogen-bond donors (Lipinski definition) is 1. The van der Waals surface area contributed by atoms with E-state index in [9.17, 15) is 9.18 Å². The second-order valence-electron chi connectivity index (χ2n) is 5.80. The van der Waals surface area contributed by atoms with Crippen LogP contribution in [0.5, 0.6) is 0 Å². The summed E-state index contributed by atoms with van der Waals surface area (Å²) in [5.74, 6) is -0.447. The molecule has 0 bridgehead atoms. The van der Waals surface area contributed by atoms with E-state index in [1.54, 1.807) is 12.1 Å². The summed E-state index contributed by atoms with van der Waals surface area (Å²) in [6.07, 6.45) is 0. The Balaban J connectivity index is 1.55. The third-order valence-electron chi connectivity index (χ3n) is 4.03. The van der Waals surface area contributed by atoms with Crippen LogP contribution < -0.4 is 5.32 Å². The summed E-state index contributed by atoms with van der Waals surface area (Å²) in [4.78, 5) is 12.2. The Morgan fingerprint density at radius 3 is 2.46 bits per heavy atom. The van der Waals surface area contributed by atoms with E-state index >= 15 is 0 Å². The molecule has 1 aromatic heterocycles. The molecule has 0 aliphatic heterocycles. The fourth-order valence-corrected chi connectivity index (χ4v) is 2.87. The van der Waals surface area contributed by atoms with Crippen LogP contribution in [-0.4, -0.2) is 5.91 Å². The SMILES string of the molecule is O=C(Nc1ccc(-c2cc3ccccc3o2)cc1)c1ccc(Cl)cc1F. The number of para-hydroxylation sites is 1. The van der Waals surface area contributed by atoms with E-state index in [2.05, 4.69) is 5.32 Å². The summed E-state index contributed by atoms with van der Waals surface area (Å²) in [7, 11) is 0. The van der Waals surface area contributed by atoms with Crippen molar-refractivity contribution in [2.75, 3.05) is 5.32 Å². The largest absolute Gasteiger partial charge is 0.456 e. The molecule has 4 aromatic rings. The Hall–Kier alpha value is -3.11. The van der Waals surface area contributed by atoms with Gasteiger partial charge >= 0.3 is 0 Å². The van der Waals surface area contributed by atoms with Gasteiger partial charge in [0.2, 0.25) is 0 Å². The number of rotatable bonds is 3. The highest BCUT2D eigenvalue weighted by Crippen LogP contribution is 2.28. The lowest BCUT2D eigenvalue weighted by Gasteiger charge is -2.07. The fraction of sp³-hybridized carbons (Fsp3) is 0. The number of furan rings is 1. The molecule has 0 atom stereocenters. The van der Waals surface area contributed by atoms with Gasteiger partial charge in [-0.25, -0.2) is 4.39 Å². The summed E-state index contributed by atoms with van der Waals surface area (Å²) in [5.41, 5.74) is 2.20. The minimum Gasteiger partial charge on any atom is -0.456 e.